The molecule has 1 heterocycles. The Morgan fingerprint density at radius 1 is 1.69 bits per heavy atom. The third-order valence-electron chi connectivity index (χ3n) is 2.92. The number of hydrogen-bond acceptors (Lipinski definition) is 4. The molecule has 0 bridgehead atoms. The molecular weight excluding hydrogens is 204 g/mol. The molecule has 1 aliphatic carbocycles. The Morgan fingerprint density at radius 2 is 2.50 bits per heavy atom. The van der Waals surface area contributed by atoms with Crippen molar-refractivity contribution >= 4 is 11.6 Å². The molecule has 1 saturated carbocycles. The highest BCUT2D eigenvalue weighted by Crippen LogP contribution is 2.33. The van der Waals surface area contributed by atoms with Gasteiger partial charge in [-0.25, -0.2) is 0 Å². The Balaban J connectivity index is 1.98. The van der Waals surface area contributed by atoms with Gasteiger partial charge in [0.15, 0.2) is 0 Å². The molecule has 2 unspecified atom stereocenters. The molecule has 1 aliphatic rings. The Labute approximate surface area is 94.4 Å². The smallest absolute Gasteiger partial charge is 0.270 e. The summed E-state index contributed by atoms with van der Waals surface area (Å²) in [6.07, 6.45) is 3.76. The first-order valence-electron chi connectivity index (χ1n) is 5.48. The first-order chi connectivity index (χ1) is 7.74. The molecule has 5 nitrogen and oxygen atoms in total. The van der Waals surface area contributed by atoms with E-state index in [1.807, 2.05) is 0 Å². The Kier molecular flexibility index (Phi) is 3.05. The highest BCUT2D eigenvalue weighted by Gasteiger charge is 2.36. The van der Waals surface area contributed by atoms with E-state index in [2.05, 4.69) is 22.7 Å². The molecule has 16 heavy (non-hydrogen) atoms. The van der Waals surface area contributed by atoms with E-state index in [0.717, 1.165) is 12.8 Å². The van der Waals surface area contributed by atoms with Gasteiger partial charge in [-0.15, -0.1) is 0 Å². The van der Waals surface area contributed by atoms with Crippen LogP contribution in [0.4, 0.5) is 5.69 Å². The van der Waals surface area contributed by atoms with Crippen LogP contribution < -0.4 is 16.6 Å². The van der Waals surface area contributed by atoms with Gasteiger partial charge in [-0.05, 0) is 24.5 Å². The summed E-state index contributed by atoms with van der Waals surface area (Å²) in [4.78, 5) is 15.8. The molecule has 5 heteroatoms. The molecule has 1 aromatic heterocycles. The van der Waals surface area contributed by atoms with Gasteiger partial charge < -0.3 is 10.7 Å². The third-order valence-corrected chi connectivity index (χ3v) is 2.92. The summed E-state index contributed by atoms with van der Waals surface area (Å²) in [5.74, 6) is 5.78. The van der Waals surface area contributed by atoms with Gasteiger partial charge in [0.05, 0.1) is 5.69 Å². The maximum atomic E-state index is 11.8. The number of aromatic nitrogens is 1. The molecule has 2 atom stereocenters. The summed E-state index contributed by atoms with van der Waals surface area (Å²) < 4.78 is 0. The minimum absolute atomic E-state index is 0.127. The molecule has 0 aliphatic heterocycles. The van der Waals surface area contributed by atoms with E-state index in [0.29, 0.717) is 23.3 Å². The van der Waals surface area contributed by atoms with E-state index in [1.54, 1.807) is 18.3 Å². The van der Waals surface area contributed by atoms with Gasteiger partial charge in [0.2, 0.25) is 0 Å². The van der Waals surface area contributed by atoms with Crippen LogP contribution in [0.1, 0.15) is 30.3 Å². The second-order valence-corrected chi connectivity index (χ2v) is 4.06. The number of nitrogens with one attached hydrogen (secondary N) is 2. The van der Waals surface area contributed by atoms with E-state index in [4.69, 9.17) is 5.84 Å². The van der Waals surface area contributed by atoms with Crippen molar-refractivity contribution in [1.29, 1.82) is 0 Å². The number of carbonyl (C=O) groups is 1. The maximum Gasteiger partial charge on any atom is 0.270 e. The summed E-state index contributed by atoms with van der Waals surface area (Å²) in [7, 11) is 0. The number of nitrogens with zero attached hydrogens (tertiary/aromatic N) is 1. The van der Waals surface area contributed by atoms with Gasteiger partial charge in [0, 0.05) is 12.2 Å². The fourth-order valence-electron chi connectivity index (χ4n) is 1.76. The number of hydrazine groups is 1. The number of pyridine rings is 1. The van der Waals surface area contributed by atoms with Crippen LogP contribution >= 0.6 is 0 Å². The van der Waals surface area contributed by atoms with E-state index >= 15 is 0 Å². The number of anilines is 1. The van der Waals surface area contributed by atoms with Crippen LogP contribution in [-0.4, -0.2) is 16.9 Å². The van der Waals surface area contributed by atoms with Gasteiger partial charge >= 0.3 is 0 Å². The van der Waals surface area contributed by atoms with Gasteiger partial charge in [0.25, 0.3) is 5.91 Å². The largest absolute Gasteiger partial charge is 0.348 e. The van der Waals surface area contributed by atoms with Crippen LogP contribution in [0.2, 0.25) is 0 Å². The van der Waals surface area contributed by atoms with E-state index < -0.39 is 0 Å². The van der Waals surface area contributed by atoms with Crippen molar-refractivity contribution in [1.82, 2.24) is 10.3 Å². The number of hydrogen-bond donors (Lipinski definition) is 3. The average molecular weight is 220 g/mol. The van der Waals surface area contributed by atoms with Crippen molar-refractivity contribution in [2.75, 3.05) is 5.43 Å². The Hall–Kier alpha value is -1.62. The van der Waals surface area contributed by atoms with Crippen LogP contribution in [0.5, 0.6) is 0 Å². The molecule has 1 amide bonds. The lowest BCUT2D eigenvalue weighted by molar-refractivity contribution is 0.0944. The lowest BCUT2D eigenvalue weighted by Gasteiger charge is -2.05. The zero-order valence-electron chi connectivity index (χ0n) is 9.23. The first kappa shape index (κ1) is 10.9. The summed E-state index contributed by atoms with van der Waals surface area (Å²) in [5.41, 5.74) is 3.57. The summed E-state index contributed by atoms with van der Waals surface area (Å²) >= 11 is 0. The number of carbonyl (C=O) groups excluding carboxylic acids is 1. The molecule has 1 aromatic rings. The zero-order valence-corrected chi connectivity index (χ0v) is 9.23. The molecule has 1 fully saturated rings. The number of nitrogen functional groups attached to an aromatic ring is 1. The van der Waals surface area contributed by atoms with Crippen molar-refractivity contribution in [2.45, 2.75) is 25.8 Å². The maximum absolute atomic E-state index is 11.8. The second-order valence-electron chi connectivity index (χ2n) is 4.06. The minimum Gasteiger partial charge on any atom is -0.348 e. The van der Waals surface area contributed by atoms with Gasteiger partial charge in [-0.2, -0.15) is 0 Å². The highest BCUT2D eigenvalue weighted by molar-refractivity contribution is 5.93. The summed E-state index contributed by atoms with van der Waals surface area (Å²) in [5, 5.41) is 2.95. The van der Waals surface area contributed by atoms with Crippen molar-refractivity contribution < 1.29 is 4.79 Å². The van der Waals surface area contributed by atoms with Crippen LogP contribution in [-0.2, 0) is 0 Å². The molecule has 0 saturated heterocycles. The van der Waals surface area contributed by atoms with Crippen molar-refractivity contribution in [2.24, 2.45) is 11.8 Å². The van der Waals surface area contributed by atoms with E-state index in [9.17, 15) is 4.79 Å². The van der Waals surface area contributed by atoms with E-state index in [-0.39, 0.29) is 5.91 Å². The fraction of sp³-hybridized carbons (Fsp3) is 0.455. The van der Waals surface area contributed by atoms with Gasteiger partial charge in [-0.1, -0.05) is 13.3 Å². The van der Waals surface area contributed by atoms with Crippen LogP contribution in [0.15, 0.2) is 18.3 Å². The van der Waals surface area contributed by atoms with Crippen LogP contribution in [0.25, 0.3) is 0 Å². The standard InChI is InChI=1S/C11H16N4O/c1-2-7-5-9(7)14-11(16)10-6-8(15-12)3-4-13-10/h3-4,6-7,9H,2,5,12H2,1H3,(H,13,15)(H,14,16). The van der Waals surface area contributed by atoms with Gasteiger partial charge in [-0.3, -0.25) is 15.6 Å². The molecule has 0 radical (unpaired) electrons. The average Bonchev–Trinajstić information content (AvgIpc) is 3.07. The van der Waals surface area contributed by atoms with Crippen molar-refractivity contribution in [3.8, 4) is 0 Å². The molecule has 0 aromatic carbocycles. The normalized spacial score (nSPS) is 22.6. The van der Waals surface area contributed by atoms with Crippen LogP contribution in [0.3, 0.4) is 0 Å². The Bertz CT molecular complexity index is 393. The van der Waals surface area contributed by atoms with Crippen molar-refractivity contribution in [3.05, 3.63) is 24.0 Å². The molecule has 4 N–H and O–H groups in total. The second kappa shape index (κ2) is 4.49. The van der Waals surface area contributed by atoms with E-state index in [1.165, 1.54) is 0 Å². The monoisotopic (exact) mass is 220 g/mol. The SMILES string of the molecule is CCC1CC1NC(=O)c1cc(NN)ccn1. The highest BCUT2D eigenvalue weighted by atomic mass is 16.2. The molecule has 0 spiro atoms. The Morgan fingerprint density at radius 3 is 3.12 bits per heavy atom. The number of rotatable bonds is 4. The van der Waals surface area contributed by atoms with Gasteiger partial charge in [0.1, 0.15) is 5.69 Å². The summed E-state index contributed by atoms with van der Waals surface area (Å²) in [6.45, 7) is 2.13. The lowest BCUT2D eigenvalue weighted by Crippen LogP contribution is -2.27. The number of amides is 1. The lowest BCUT2D eigenvalue weighted by atomic mass is 10.3. The number of nitrogens with two attached hydrogens (primary N) is 1. The van der Waals surface area contributed by atoms with Crippen LogP contribution in [0, 0.1) is 5.92 Å². The topological polar surface area (TPSA) is 80.0 Å². The zero-order chi connectivity index (χ0) is 11.5. The fourth-order valence-corrected chi connectivity index (χ4v) is 1.76. The molecule has 2 rings (SSSR count). The van der Waals surface area contributed by atoms with Crippen molar-refractivity contribution in [3.63, 3.8) is 0 Å². The third kappa shape index (κ3) is 2.30. The first-order valence-corrected chi connectivity index (χ1v) is 5.48. The predicted molar refractivity (Wildman–Crippen MR) is 61.7 cm³/mol. The summed E-state index contributed by atoms with van der Waals surface area (Å²) in [6, 6.07) is 3.68. The molecule has 86 valence electrons. The quantitative estimate of drug-likeness (QED) is 0.520. The predicted octanol–water partition coefficient (Wildman–Crippen LogP) is 0.895. The molecular formula is C11H16N4O. The minimum atomic E-state index is -0.127.